The lowest BCUT2D eigenvalue weighted by molar-refractivity contribution is -0.145. The number of ether oxygens (including phenoxy) is 1. The van der Waals surface area contributed by atoms with Gasteiger partial charge in [0.15, 0.2) is 0 Å². The lowest BCUT2D eigenvalue weighted by Gasteiger charge is -2.19. The summed E-state index contributed by atoms with van der Waals surface area (Å²) < 4.78 is 4.85. The van der Waals surface area contributed by atoms with Crippen LogP contribution in [0.3, 0.4) is 0 Å². The van der Waals surface area contributed by atoms with Crippen LogP contribution in [-0.2, 0) is 20.7 Å². The third kappa shape index (κ3) is 4.55. The molecule has 1 amide bonds. The summed E-state index contributed by atoms with van der Waals surface area (Å²) in [5.74, 6) is -0.803. The van der Waals surface area contributed by atoms with Crippen molar-refractivity contribution in [3.63, 3.8) is 0 Å². The summed E-state index contributed by atoms with van der Waals surface area (Å²) in [6, 6.07) is 12.3. The first-order valence-corrected chi connectivity index (χ1v) is 8.74. The van der Waals surface area contributed by atoms with Crippen molar-refractivity contribution in [1.29, 1.82) is 0 Å². The molecular formula is C19H21N5O3. The summed E-state index contributed by atoms with van der Waals surface area (Å²) >= 11 is 0. The average molecular weight is 367 g/mol. The minimum atomic E-state index is -0.788. The highest BCUT2D eigenvalue weighted by Gasteiger charge is 2.31. The number of hydrogen-bond donors (Lipinski definition) is 2. The van der Waals surface area contributed by atoms with Crippen LogP contribution in [0.15, 0.2) is 47.6 Å². The summed E-state index contributed by atoms with van der Waals surface area (Å²) in [4.78, 5) is 27.5. The minimum Gasteiger partial charge on any atom is -0.467 e. The number of nitrogens with zero attached hydrogens (tertiary/aromatic N) is 3. The standard InChI is InChI=1S/C19H21N5O3/c1-27-19(26)17(22-18(25)16-10-15(11-21-16)23-24-20)9-12-6-7-13-4-2-3-5-14(13)8-12/h2-8,15-17,21H,9-11H2,1H3,(H,22,25)/t15-,16-,17-/m0/s1. The molecule has 1 aliphatic heterocycles. The molecule has 0 aromatic heterocycles. The first kappa shape index (κ1) is 18.7. The van der Waals surface area contributed by atoms with Gasteiger partial charge >= 0.3 is 5.97 Å². The molecule has 140 valence electrons. The predicted molar refractivity (Wildman–Crippen MR) is 101 cm³/mol. The highest BCUT2D eigenvalue weighted by molar-refractivity contribution is 5.88. The van der Waals surface area contributed by atoms with Crippen LogP contribution in [0.1, 0.15) is 12.0 Å². The molecule has 0 saturated carbocycles. The van der Waals surface area contributed by atoms with Crippen molar-refractivity contribution in [2.24, 2.45) is 5.11 Å². The molecule has 0 bridgehead atoms. The van der Waals surface area contributed by atoms with Crippen LogP contribution in [0.5, 0.6) is 0 Å². The van der Waals surface area contributed by atoms with Gasteiger partial charge in [0, 0.05) is 17.9 Å². The molecule has 1 saturated heterocycles. The van der Waals surface area contributed by atoms with Crippen LogP contribution >= 0.6 is 0 Å². The van der Waals surface area contributed by atoms with Gasteiger partial charge in [-0.15, -0.1) is 0 Å². The van der Waals surface area contributed by atoms with Crippen LogP contribution in [0, 0.1) is 0 Å². The second-order valence-corrected chi connectivity index (χ2v) is 6.53. The van der Waals surface area contributed by atoms with Gasteiger partial charge < -0.3 is 15.4 Å². The van der Waals surface area contributed by atoms with Crippen LogP contribution in [-0.4, -0.2) is 43.7 Å². The Hall–Kier alpha value is -3.09. The zero-order chi connectivity index (χ0) is 19.2. The molecular weight excluding hydrogens is 346 g/mol. The number of esters is 1. The van der Waals surface area contributed by atoms with Gasteiger partial charge in [0.05, 0.1) is 19.2 Å². The third-order valence-corrected chi connectivity index (χ3v) is 4.69. The molecule has 2 aromatic rings. The Morgan fingerprint density at radius 1 is 1.33 bits per heavy atom. The zero-order valence-electron chi connectivity index (χ0n) is 15.0. The molecule has 1 aliphatic rings. The molecule has 2 N–H and O–H groups in total. The van der Waals surface area contributed by atoms with Gasteiger partial charge in [-0.05, 0) is 28.3 Å². The molecule has 3 atom stereocenters. The lowest BCUT2D eigenvalue weighted by Crippen LogP contribution is -2.49. The smallest absolute Gasteiger partial charge is 0.328 e. The van der Waals surface area contributed by atoms with Gasteiger partial charge in [-0.3, -0.25) is 4.79 Å². The van der Waals surface area contributed by atoms with Gasteiger partial charge in [0.2, 0.25) is 5.91 Å². The van der Waals surface area contributed by atoms with Gasteiger partial charge in [0.25, 0.3) is 0 Å². The molecule has 2 aromatic carbocycles. The molecule has 3 rings (SSSR count). The number of carbonyl (C=O) groups excluding carboxylic acids is 2. The molecule has 0 aliphatic carbocycles. The SMILES string of the molecule is COC(=O)[C@H](Cc1ccc2ccccc2c1)NC(=O)[C@@H]1C[C@H](N=[N+]=[N-])CN1. The van der Waals surface area contributed by atoms with Gasteiger partial charge in [0.1, 0.15) is 6.04 Å². The van der Waals surface area contributed by atoms with E-state index in [-0.39, 0.29) is 11.9 Å². The highest BCUT2D eigenvalue weighted by atomic mass is 16.5. The number of carbonyl (C=O) groups is 2. The van der Waals surface area contributed by atoms with E-state index >= 15 is 0 Å². The maximum atomic E-state index is 12.5. The Labute approximate surface area is 156 Å². The molecule has 0 unspecified atom stereocenters. The van der Waals surface area contributed by atoms with Crippen molar-refractivity contribution in [2.45, 2.75) is 31.0 Å². The Morgan fingerprint density at radius 2 is 2.11 bits per heavy atom. The number of amides is 1. The lowest BCUT2D eigenvalue weighted by atomic mass is 10.0. The third-order valence-electron chi connectivity index (χ3n) is 4.69. The summed E-state index contributed by atoms with van der Waals surface area (Å²) in [6.07, 6.45) is 0.732. The number of rotatable bonds is 6. The predicted octanol–water partition coefficient (Wildman–Crippen LogP) is 2.08. The van der Waals surface area contributed by atoms with Crippen molar-refractivity contribution in [3.05, 3.63) is 58.5 Å². The Bertz CT molecular complexity index is 894. The average Bonchev–Trinajstić information content (AvgIpc) is 3.16. The van der Waals surface area contributed by atoms with Gasteiger partial charge in [-0.25, -0.2) is 4.79 Å². The number of azide groups is 1. The van der Waals surface area contributed by atoms with Crippen LogP contribution < -0.4 is 10.6 Å². The van der Waals surface area contributed by atoms with Crippen LogP contribution in [0.4, 0.5) is 0 Å². The highest BCUT2D eigenvalue weighted by Crippen LogP contribution is 2.17. The number of benzene rings is 2. The maximum Gasteiger partial charge on any atom is 0.328 e. The monoisotopic (exact) mass is 367 g/mol. The van der Waals surface area contributed by atoms with Crippen molar-refractivity contribution in [2.75, 3.05) is 13.7 Å². The first-order chi connectivity index (χ1) is 13.1. The number of methoxy groups -OCH3 is 1. The molecule has 8 heteroatoms. The maximum absolute atomic E-state index is 12.5. The number of nitrogens with one attached hydrogen (secondary N) is 2. The zero-order valence-corrected chi connectivity index (χ0v) is 15.0. The summed E-state index contributed by atoms with van der Waals surface area (Å²) in [5.41, 5.74) is 9.44. The van der Waals surface area contributed by atoms with Crippen molar-refractivity contribution in [1.82, 2.24) is 10.6 Å². The van der Waals surface area contributed by atoms with Gasteiger partial charge in [-0.2, -0.15) is 0 Å². The summed E-state index contributed by atoms with van der Waals surface area (Å²) in [5, 5.41) is 11.6. The summed E-state index contributed by atoms with van der Waals surface area (Å²) in [6.45, 7) is 0.440. The van der Waals surface area contributed by atoms with Crippen molar-refractivity contribution >= 4 is 22.6 Å². The normalized spacial score (nSPS) is 19.9. The summed E-state index contributed by atoms with van der Waals surface area (Å²) in [7, 11) is 1.30. The first-order valence-electron chi connectivity index (χ1n) is 8.74. The Kier molecular flexibility index (Phi) is 5.90. The Morgan fingerprint density at radius 3 is 2.85 bits per heavy atom. The van der Waals surface area contributed by atoms with E-state index in [0.29, 0.717) is 19.4 Å². The topological polar surface area (TPSA) is 116 Å². The van der Waals surface area contributed by atoms with E-state index in [1.807, 2.05) is 42.5 Å². The van der Waals surface area contributed by atoms with E-state index in [4.69, 9.17) is 10.3 Å². The molecule has 0 spiro atoms. The van der Waals surface area contributed by atoms with E-state index < -0.39 is 18.1 Å². The molecule has 1 heterocycles. The second kappa shape index (κ2) is 8.53. The number of hydrogen-bond acceptors (Lipinski definition) is 5. The molecule has 8 nitrogen and oxygen atoms in total. The van der Waals surface area contributed by atoms with E-state index in [1.54, 1.807) is 0 Å². The fourth-order valence-electron chi connectivity index (χ4n) is 3.29. The molecule has 0 radical (unpaired) electrons. The van der Waals surface area contributed by atoms with E-state index in [1.165, 1.54) is 7.11 Å². The van der Waals surface area contributed by atoms with Crippen LogP contribution in [0.25, 0.3) is 21.2 Å². The second-order valence-electron chi connectivity index (χ2n) is 6.53. The molecule has 27 heavy (non-hydrogen) atoms. The van der Waals surface area contributed by atoms with Crippen molar-refractivity contribution < 1.29 is 14.3 Å². The fraction of sp³-hybridized carbons (Fsp3) is 0.368. The van der Waals surface area contributed by atoms with E-state index in [2.05, 4.69) is 20.7 Å². The van der Waals surface area contributed by atoms with Gasteiger partial charge in [-0.1, -0.05) is 47.6 Å². The largest absolute Gasteiger partial charge is 0.467 e. The Balaban J connectivity index is 1.70. The molecule has 1 fully saturated rings. The van der Waals surface area contributed by atoms with E-state index in [9.17, 15) is 9.59 Å². The number of fused-ring (bicyclic) bond motifs is 1. The quantitative estimate of drug-likeness (QED) is 0.352. The minimum absolute atomic E-state index is 0.261. The van der Waals surface area contributed by atoms with Crippen LogP contribution in [0.2, 0.25) is 0 Å². The van der Waals surface area contributed by atoms with E-state index in [0.717, 1.165) is 16.3 Å². The van der Waals surface area contributed by atoms with Crippen molar-refractivity contribution in [3.8, 4) is 0 Å². The fourth-order valence-corrected chi connectivity index (χ4v) is 3.29.